The molecule has 2 atom stereocenters. The normalized spacial score (nSPS) is 26.5. The lowest BCUT2D eigenvalue weighted by molar-refractivity contribution is -0.121. The maximum atomic E-state index is 12.3. The van der Waals surface area contributed by atoms with Crippen LogP contribution in [0.15, 0.2) is 12.1 Å². The first kappa shape index (κ1) is 12.7. The number of aromatic nitrogens is 2. The Morgan fingerprint density at radius 2 is 1.79 bits per heavy atom. The molecule has 0 N–H and O–H groups in total. The van der Waals surface area contributed by atoms with Crippen molar-refractivity contribution in [1.29, 1.82) is 0 Å². The molecule has 2 aliphatic rings. The number of hydrogen-bond acceptors (Lipinski definition) is 7. The summed E-state index contributed by atoms with van der Waals surface area (Å²) in [5.74, 6) is 2.04. The van der Waals surface area contributed by atoms with Crippen LogP contribution in [-0.2, 0) is 9.59 Å². The predicted molar refractivity (Wildman–Crippen MR) is 73.6 cm³/mol. The lowest BCUT2D eigenvalue weighted by Crippen LogP contribution is -2.32. The van der Waals surface area contributed by atoms with Crippen molar-refractivity contribution in [3.8, 4) is 5.88 Å². The lowest BCUT2D eigenvalue weighted by Gasteiger charge is -2.19. The largest absolute Gasteiger partial charge is 0.480 e. The van der Waals surface area contributed by atoms with Gasteiger partial charge in [-0.1, -0.05) is 0 Å². The molecule has 8 heteroatoms. The van der Waals surface area contributed by atoms with Crippen molar-refractivity contribution in [1.82, 2.24) is 10.2 Å². The number of nitrogens with zero attached hydrogens (tertiary/aromatic N) is 3. The summed E-state index contributed by atoms with van der Waals surface area (Å²) in [6.07, 6.45) is 0. The number of hydrogen-bond donors (Lipinski definition) is 0. The molecule has 0 spiro atoms. The first-order chi connectivity index (χ1) is 9.22. The average Bonchev–Trinajstić information content (AvgIpc) is 2.72. The van der Waals surface area contributed by atoms with Gasteiger partial charge in [-0.15, -0.1) is 33.7 Å². The minimum absolute atomic E-state index is 0.188. The molecule has 6 nitrogen and oxygen atoms in total. The minimum Gasteiger partial charge on any atom is -0.480 e. The first-order valence-corrected chi connectivity index (χ1v) is 7.81. The highest BCUT2D eigenvalue weighted by Crippen LogP contribution is 2.39. The van der Waals surface area contributed by atoms with Gasteiger partial charge in [0.15, 0.2) is 5.82 Å². The van der Waals surface area contributed by atoms with E-state index in [9.17, 15) is 9.59 Å². The fourth-order valence-corrected chi connectivity index (χ4v) is 4.88. The molecule has 0 bridgehead atoms. The molecule has 3 rings (SSSR count). The van der Waals surface area contributed by atoms with E-state index >= 15 is 0 Å². The van der Waals surface area contributed by atoms with Crippen LogP contribution in [0, 0.1) is 0 Å². The number of rotatable bonds is 2. The summed E-state index contributed by atoms with van der Waals surface area (Å²) >= 11 is 3.09. The van der Waals surface area contributed by atoms with Crippen molar-refractivity contribution in [2.24, 2.45) is 0 Å². The van der Waals surface area contributed by atoms with E-state index < -0.39 is 0 Å². The average molecular weight is 297 g/mol. The van der Waals surface area contributed by atoms with Crippen molar-refractivity contribution in [3.05, 3.63) is 12.1 Å². The highest BCUT2D eigenvalue weighted by atomic mass is 32.2. The molecular formula is C11H11N3O3S2. The van der Waals surface area contributed by atoms with Gasteiger partial charge < -0.3 is 4.74 Å². The summed E-state index contributed by atoms with van der Waals surface area (Å²) in [7, 11) is 1.48. The van der Waals surface area contributed by atoms with Gasteiger partial charge in [0.05, 0.1) is 7.11 Å². The van der Waals surface area contributed by atoms with Gasteiger partial charge in [0.1, 0.15) is 10.5 Å². The van der Waals surface area contributed by atoms with Crippen LogP contribution < -0.4 is 9.64 Å². The van der Waals surface area contributed by atoms with E-state index in [-0.39, 0.29) is 28.1 Å². The topological polar surface area (TPSA) is 72.4 Å². The van der Waals surface area contributed by atoms with Crippen LogP contribution in [0.5, 0.6) is 5.88 Å². The Morgan fingerprint density at radius 3 is 2.26 bits per heavy atom. The molecule has 1 aromatic rings. The summed E-state index contributed by atoms with van der Waals surface area (Å²) in [6.45, 7) is 0. The Bertz CT molecular complexity index is 498. The van der Waals surface area contributed by atoms with Crippen LogP contribution in [0.25, 0.3) is 0 Å². The van der Waals surface area contributed by atoms with E-state index in [1.807, 2.05) is 0 Å². The third-order valence-electron chi connectivity index (χ3n) is 2.94. The van der Waals surface area contributed by atoms with Gasteiger partial charge in [-0.05, 0) is 6.07 Å². The van der Waals surface area contributed by atoms with Gasteiger partial charge in [-0.2, -0.15) is 0 Å². The van der Waals surface area contributed by atoms with Gasteiger partial charge in [0.25, 0.3) is 0 Å². The van der Waals surface area contributed by atoms with Crippen LogP contribution in [-0.4, -0.2) is 51.1 Å². The number of fused-ring (bicyclic) bond motifs is 1. The Hall–Kier alpha value is -1.28. The van der Waals surface area contributed by atoms with Gasteiger partial charge in [-0.25, -0.2) is 4.90 Å². The van der Waals surface area contributed by atoms with Gasteiger partial charge in [-0.3, -0.25) is 9.59 Å². The second-order valence-electron chi connectivity index (χ2n) is 4.03. The molecule has 2 aliphatic heterocycles. The van der Waals surface area contributed by atoms with Crippen molar-refractivity contribution in [3.63, 3.8) is 0 Å². The Morgan fingerprint density at radius 1 is 1.16 bits per heavy atom. The molecule has 100 valence electrons. The second kappa shape index (κ2) is 5.01. The SMILES string of the molecule is COc1ccc(N2C(=O)C3SCCSC3C2=O)nn1. The van der Waals surface area contributed by atoms with Crippen molar-refractivity contribution >= 4 is 41.2 Å². The van der Waals surface area contributed by atoms with Gasteiger partial charge >= 0.3 is 0 Å². The Balaban J connectivity index is 1.91. The molecule has 19 heavy (non-hydrogen) atoms. The van der Waals surface area contributed by atoms with Gasteiger partial charge in [0, 0.05) is 17.6 Å². The van der Waals surface area contributed by atoms with Crippen molar-refractivity contribution < 1.29 is 14.3 Å². The fourth-order valence-electron chi connectivity index (χ4n) is 2.06. The smallest absolute Gasteiger partial charge is 0.249 e. The molecule has 0 aromatic carbocycles. The van der Waals surface area contributed by atoms with Crippen LogP contribution >= 0.6 is 23.5 Å². The third-order valence-corrected chi connectivity index (χ3v) is 5.92. The van der Waals surface area contributed by atoms with E-state index in [2.05, 4.69) is 10.2 Å². The molecule has 2 fully saturated rings. The summed E-state index contributed by atoms with van der Waals surface area (Å²) in [4.78, 5) is 25.7. The highest BCUT2D eigenvalue weighted by molar-refractivity contribution is 8.08. The number of thioether (sulfide) groups is 2. The summed E-state index contributed by atoms with van der Waals surface area (Å²) in [5.41, 5.74) is 0. The van der Waals surface area contributed by atoms with Crippen LogP contribution in [0.3, 0.4) is 0 Å². The maximum absolute atomic E-state index is 12.3. The molecule has 3 heterocycles. The van der Waals surface area contributed by atoms with Crippen molar-refractivity contribution in [2.45, 2.75) is 10.5 Å². The van der Waals surface area contributed by atoms with Crippen LogP contribution in [0.2, 0.25) is 0 Å². The summed E-state index contributed by atoms with van der Waals surface area (Å²) in [5, 5.41) is 7.11. The lowest BCUT2D eigenvalue weighted by atomic mass is 10.3. The fraction of sp³-hybridized carbons (Fsp3) is 0.455. The van der Waals surface area contributed by atoms with Crippen LogP contribution in [0.1, 0.15) is 0 Å². The number of carbonyl (C=O) groups excluding carboxylic acids is 2. The highest BCUT2D eigenvalue weighted by Gasteiger charge is 2.50. The number of methoxy groups -OCH3 is 1. The van der Waals surface area contributed by atoms with Crippen LogP contribution in [0.4, 0.5) is 5.82 Å². The zero-order valence-corrected chi connectivity index (χ0v) is 11.7. The molecule has 2 unspecified atom stereocenters. The third kappa shape index (κ3) is 2.08. The minimum atomic E-state index is -0.282. The molecule has 1 aromatic heterocycles. The molecule has 0 radical (unpaired) electrons. The molecule has 0 saturated carbocycles. The van der Waals surface area contributed by atoms with Gasteiger partial charge in [0.2, 0.25) is 17.7 Å². The first-order valence-electron chi connectivity index (χ1n) is 5.71. The van der Waals surface area contributed by atoms with E-state index in [0.717, 1.165) is 16.4 Å². The number of ether oxygens (including phenoxy) is 1. The molecular weight excluding hydrogens is 286 g/mol. The summed E-state index contributed by atoms with van der Waals surface area (Å²) < 4.78 is 4.91. The molecule has 2 saturated heterocycles. The number of amides is 2. The Kier molecular flexibility index (Phi) is 3.36. The van der Waals surface area contributed by atoms with E-state index in [1.165, 1.54) is 7.11 Å². The van der Waals surface area contributed by atoms with E-state index in [0.29, 0.717) is 5.88 Å². The standard InChI is InChI=1S/C11H11N3O3S2/c1-17-7-3-2-6(12-13-7)14-10(15)8-9(11(14)16)19-5-4-18-8/h2-3,8-9H,4-5H2,1H3. The second-order valence-corrected chi connectivity index (χ2v) is 6.53. The maximum Gasteiger partial charge on any atom is 0.249 e. The predicted octanol–water partition coefficient (Wildman–Crippen LogP) is 0.576. The van der Waals surface area contributed by atoms with E-state index in [4.69, 9.17) is 4.74 Å². The van der Waals surface area contributed by atoms with Crippen molar-refractivity contribution in [2.75, 3.05) is 23.5 Å². The number of carbonyl (C=O) groups is 2. The Labute approximate surface area is 118 Å². The molecule has 2 amide bonds. The quantitative estimate of drug-likeness (QED) is 0.739. The number of anilines is 1. The molecule has 0 aliphatic carbocycles. The monoisotopic (exact) mass is 297 g/mol. The number of imide groups is 1. The van der Waals surface area contributed by atoms with E-state index in [1.54, 1.807) is 35.7 Å². The zero-order chi connectivity index (χ0) is 13.4. The zero-order valence-electron chi connectivity index (χ0n) is 10.1. The summed E-state index contributed by atoms with van der Waals surface area (Å²) in [6, 6.07) is 3.17.